The van der Waals surface area contributed by atoms with E-state index in [2.05, 4.69) is 39.3 Å². The summed E-state index contributed by atoms with van der Waals surface area (Å²) >= 11 is 0. The fourth-order valence-corrected chi connectivity index (χ4v) is 7.31. The molecule has 226 valence electrons. The van der Waals surface area contributed by atoms with E-state index in [1.165, 1.54) is 12.8 Å². The van der Waals surface area contributed by atoms with E-state index in [9.17, 15) is 14.4 Å². The smallest absolute Gasteiger partial charge is 0.315 e. The van der Waals surface area contributed by atoms with Gasteiger partial charge in [0.25, 0.3) is 5.91 Å². The highest BCUT2D eigenvalue weighted by atomic mass is 16.5. The second-order valence-electron chi connectivity index (χ2n) is 13.3. The second kappa shape index (κ2) is 11.7. The molecule has 0 atom stereocenters. The maximum absolute atomic E-state index is 13.2. The Morgan fingerprint density at radius 2 is 1.76 bits per heavy atom. The van der Waals surface area contributed by atoms with Crippen molar-refractivity contribution in [3.63, 3.8) is 0 Å². The van der Waals surface area contributed by atoms with Crippen molar-refractivity contribution in [3.8, 4) is 5.69 Å². The topological polar surface area (TPSA) is 131 Å². The SMILES string of the molecule is CC1(C)CC(=O)c2c3c(n(-c4ccc(C(N)=O)c(NC5CCC(NC(=O)NCCN6CCCC6)CC5)c4)c2C1)COC3. The third kappa shape index (κ3) is 5.92. The molecule has 1 aromatic carbocycles. The van der Waals surface area contributed by atoms with Crippen molar-refractivity contribution in [2.75, 3.05) is 31.5 Å². The Labute approximate surface area is 247 Å². The van der Waals surface area contributed by atoms with Crippen molar-refractivity contribution in [2.45, 2.75) is 90.5 Å². The molecule has 0 spiro atoms. The van der Waals surface area contributed by atoms with Crippen LogP contribution >= 0.6 is 0 Å². The number of primary amides is 1. The normalized spacial score (nSPS) is 23.3. The number of nitrogens with two attached hydrogens (primary N) is 1. The third-order valence-corrected chi connectivity index (χ3v) is 9.39. The average Bonchev–Trinajstić information content (AvgIpc) is 3.67. The van der Waals surface area contributed by atoms with Gasteiger partial charge >= 0.3 is 6.03 Å². The quantitative estimate of drug-likeness (QED) is 0.377. The number of anilines is 1. The number of benzene rings is 1. The molecule has 5 N–H and O–H groups in total. The summed E-state index contributed by atoms with van der Waals surface area (Å²) in [6, 6.07) is 5.88. The van der Waals surface area contributed by atoms with Crippen LogP contribution in [0, 0.1) is 5.41 Å². The van der Waals surface area contributed by atoms with Crippen molar-refractivity contribution in [1.82, 2.24) is 20.1 Å². The molecule has 0 bridgehead atoms. The van der Waals surface area contributed by atoms with Gasteiger partial charge < -0.3 is 35.9 Å². The number of hydrogen-bond acceptors (Lipinski definition) is 6. The summed E-state index contributed by atoms with van der Waals surface area (Å²) < 4.78 is 7.96. The molecular formula is C32H44N6O4. The molecular weight excluding hydrogens is 532 g/mol. The molecule has 2 fully saturated rings. The highest BCUT2D eigenvalue weighted by Crippen LogP contribution is 2.42. The Morgan fingerprint density at radius 3 is 2.50 bits per heavy atom. The van der Waals surface area contributed by atoms with Gasteiger partial charge in [-0.15, -0.1) is 0 Å². The van der Waals surface area contributed by atoms with Crippen LogP contribution in [-0.4, -0.2) is 65.5 Å². The minimum Gasteiger partial charge on any atom is -0.382 e. The summed E-state index contributed by atoms with van der Waals surface area (Å²) in [6.07, 6.45) is 7.27. The predicted octanol–water partition coefficient (Wildman–Crippen LogP) is 3.88. The highest BCUT2D eigenvalue weighted by molar-refractivity contribution is 6.01. The molecule has 1 saturated carbocycles. The summed E-state index contributed by atoms with van der Waals surface area (Å²) in [7, 11) is 0. The number of hydrogen-bond donors (Lipinski definition) is 4. The Bertz CT molecular complexity index is 1370. The number of urea groups is 1. The summed E-state index contributed by atoms with van der Waals surface area (Å²) in [4.78, 5) is 40.4. The number of ether oxygens (including phenoxy) is 1. The zero-order chi connectivity index (χ0) is 29.4. The van der Waals surface area contributed by atoms with Crippen LogP contribution in [0.15, 0.2) is 18.2 Å². The van der Waals surface area contributed by atoms with Gasteiger partial charge in [-0.3, -0.25) is 9.59 Å². The fraction of sp³-hybridized carbons (Fsp3) is 0.594. The first-order valence-corrected chi connectivity index (χ1v) is 15.5. The lowest BCUT2D eigenvalue weighted by molar-refractivity contribution is 0.0899. The number of ketones is 1. The lowest BCUT2D eigenvalue weighted by Crippen LogP contribution is -2.46. The number of aromatic nitrogens is 1. The maximum Gasteiger partial charge on any atom is 0.315 e. The molecule has 10 heteroatoms. The Morgan fingerprint density at radius 1 is 1.02 bits per heavy atom. The standard InChI is InChI=1S/C32H44N6O4/c1-32(2)16-26-29(28(39)17-32)24-18-42-19-27(24)38(26)22-9-10-23(30(33)40)25(15-22)35-20-5-7-21(8-6-20)36-31(41)34-11-14-37-12-3-4-13-37/h9-10,15,20-21,35H,3-8,11-14,16-19H2,1-2H3,(H2,33,40)(H2,34,36,41). The molecule has 3 heterocycles. The molecule has 0 unspecified atom stereocenters. The summed E-state index contributed by atoms with van der Waals surface area (Å²) in [5.41, 5.74) is 11.6. The molecule has 6 rings (SSSR count). The maximum atomic E-state index is 13.2. The Balaban J connectivity index is 1.14. The van der Waals surface area contributed by atoms with Gasteiger partial charge in [-0.25, -0.2) is 4.79 Å². The summed E-state index contributed by atoms with van der Waals surface area (Å²) in [5, 5.41) is 9.74. The van der Waals surface area contributed by atoms with E-state index in [0.29, 0.717) is 37.4 Å². The predicted molar refractivity (Wildman–Crippen MR) is 161 cm³/mol. The lowest BCUT2D eigenvalue weighted by atomic mass is 9.75. The van der Waals surface area contributed by atoms with Crippen LogP contribution < -0.4 is 21.7 Å². The molecule has 2 aromatic rings. The first-order chi connectivity index (χ1) is 20.2. The number of amides is 3. The number of nitrogens with one attached hydrogen (secondary N) is 3. The largest absolute Gasteiger partial charge is 0.382 e. The van der Waals surface area contributed by atoms with Crippen LogP contribution in [0.25, 0.3) is 5.69 Å². The van der Waals surface area contributed by atoms with Gasteiger partial charge in [-0.05, 0) is 81.6 Å². The first kappa shape index (κ1) is 28.7. The number of carbonyl (C=O) groups is 3. The van der Waals surface area contributed by atoms with Crippen molar-refractivity contribution in [2.24, 2.45) is 11.1 Å². The zero-order valence-corrected chi connectivity index (χ0v) is 24.9. The first-order valence-electron chi connectivity index (χ1n) is 15.5. The number of fused-ring (bicyclic) bond motifs is 3. The van der Waals surface area contributed by atoms with E-state index in [4.69, 9.17) is 10.5 Å². The molecule has 2 aliphatic heterocycles. The van der Waals surface area contributed by atoms with Gasteiger partial charge in [0.1, 0.15) is 0 Å². The van der Waals surface area contributed by atoms with Crippen LogP contribution in [0.5, 0.6) is 0 Å². The molecule has 2 aliphatic carbocycles. The monoisotopic (exact) mass is 576 g/mol. The number of rotatable bonds is 8. The van der Waals surface area contributed by atoms with Gasteiger partial charge in [0, 0.05) is 59.8 Å². The van der Waals surface area contributed by atoms with E-state index >= 15 is 0 Å². The molecule has 0 radical (unpaired) electrons. The Hall–Kier alpha value is -3.37. The van der Waals surface area contributed by atoms with E-state index in [0.717, 1.165) is 79.9 Å². The van der Waals surface area contributed by atoms with Gasteiger partial charge in [0.05, 0.1) is 24.5 Å². The van der Waals surface area contributed by atoms with E-state index in [-0.39, 0.29) is 29.3 Å². The zero-order valence-electron chi connectivity index (χ0n) is 24.9. The molecule has 1 aromatic heterocycles. The molecule has 4 aliphatic rings. The average molecular weight is 577 g/mol. The second-order valence-corrected chi connectivity index (χ2v) is 13.3. The minimum atomic E-state index is -0.482. The van der Waals surface area contributed by atoms with Crippen molar-refractivity contribution in [3.05, 3.63) is 46.3 Å². The van der Waals surface area contributed by atoms with Crippen LogP contribution in [-0.2, 0) is 24.4 Å². The van der Waals surface area contributed by atoms with Crippen LogP contribution in [0.1, 0.15) is 96.5 Å². The molecule has 10 nitrogen and oxygen atoms in total. The molecule has 3 amide bonds. The highest BCUT2D eigenvalue weighted by Gasteiger charge is 2.39. The summed E-state index contributed by atoms with van der Waals surface area (Å²) in [6.45, 7) is 9.01. The van der Waals surface area contributed by atoms with Gasteiger partial charge in [0.2, 0.25) is 0 Å². The summed E-state index contributed by atoms with van der Waals surface area (Å²) in [5.74, 6) is -0.302. The van der Waals surface area contributed by atoms with Crippen molar-refractivity contribution in [1.29, 1.82) is 0 Å². The molecule has 42 heavy (non-hydrogen) atoms. The Kier molecular flexibility index (Phi) is 8.02. The number of likely N-dealkylation sites (tertiary alicyclic amines) is 1. The van der Waals surface area contributed by atoms with Gasteiger partial charge in [-0.2, -0.15) is 0 Å². The van der Waals surface area contributed by atoms with Gasteiger partial charge in [0.15, 0.2) is 5.78 Å². The van der Waals surface area contributed by atoms with Crippen molar-refractivity contribution < 1.29 is 19.1 Å². The van der Waals surface area contributed by atoms with E-state index in [1.807, 2.05) is 12.1 Å². The van der Waals surface area contributed by atoms with E-state index < -0.39 is 5.91 Å². The number of nitrogens with zero attached hydrogens (tertiary/aromatic N) is 2. The van der Waals surface area contributed by atoms with Gasteiger partial charge in [-0.1, -0.05) is 13.8 Å². The minimum absolute atomic E-state index is 0.0949. The van der Waals surface area contributed by atoms with E-state index in [1.54, 1.807) is 6.07 Å². The lowest BCUT2D eigenvalue weighted by Gasteiger charge is -2.31. The third-order valence-electron chi connectivity index (χ3n) is 9.39. The van der Waals surface area contributed by atoms with Crippen LogP contribution in [0.2, 0.25) is 0 Å². The van der Waals surface area contributed by atoms with Crippen LogP contribution in [0.4, 0.5) is 10.5 Å². The van der Waals surface area contributed by atoms with Crippen molar-refractivity contribution >= 4 is 23.4 Å². The van der Waals surface area contributed by atoms with Crippen LogP contribution in [0.3, 0.4) is 0 Å². The fourth-order valence-electron chi connectivity index (χ4n) is 7.31. The molecule has 1 saturated heterocycles. The number of Topliss-reactive ketones (excluding diaryl/α,β-unsaturated/α-hetero) is 1. The number of carbonyl (C=O) groups excluding carboxylic acids is 3.